The fourth-order valence-corrected chi connectivity index (χ4v) is 5.00. The van der Waals surface area contributed by atoms with E-state index in [0.717, 1.165) is 17.0 Å². The molecule has 2 rings (SSSR count). The van der Waals surface area contributed by atoms with E-state index in [1.54, 1.807) is 49.4 Å². The molecule has 0 bridgehead atoms. The van der Waals surface area contributed by atoms with Gasteiger partial charge in [-0.2, -0.15) is 0 Å². The number of carbonyl (C=O) groups excluding carboxylic acids is 2. The van der Waals surface area contributed by atoms with E-state index >= 15 is 0 Å². The van der Waals surface area contributed by atoms with E-state index in [4.69, 9.17) is 27.9 Å². The molecule has 0 aliphatic rings. The first kappa shape index (κ1) is 30.7. The zero-order valence-corrected chi connectivity index (χ0v) is 24.2. The molecule has 0 radical (unpaired) electrons. The molecular formula is C26H35Cl2N3O5S. The molecule has 11 heteroatoms. The van der Waals surface area contributed by atoms with Crippen LogP contribution < -0.4 is 14.4 Å². The summed E-state index contributed by atoms with van der Waals surface area (Å²) in [4.78, 5) is 28.3. The molecule has 2 atom stereocenters. The van der Waals surface area contributed by atoms with Crippen LogP contribution in [0.25, 0.3) is 0 Å². The van der Waals surface area contributed by atoms with E-state index in [9.17, 15) is 18.0 Å². The van der Waals surface area contributed by atoms with E-state index < -0.39 is 28.5 Å². The van der Waals surface area contributed by atoms with Gasteiger partial charge in [0.1, 0.15) is 18.3 Å². The number of anilines is 1. The lowest BCUT2D eigenvalue weighted by Crippen LogP contribution is -2.53. The molecule has 8 nitrogen and oxygen atoms in total. The molecule has 0 aliphatic heterocycles. The second-order valence-corrected chi connectivity index (χ2v) is 11.4. The Labute approximate surface area is 229 Å². The predicted molar refractivity (Wildman–Crippen MR) is 149 cm³/mol. The molecule has 0 aliphatic carbocycles. The summed E-state index contributed by atoms with van der Waals surface area (Å²) in [5, 5.41) is 3.70. The maximum Gasteiger partial charge on any atom is 0.244 e. The summed E-state index contributed by atoms with van der Waals surface area (Å²) in [7, 11) is -3.83. The molecule has 0 spiro atoms. The maximum atomic E-state index is 13.7. The molecular weight excluding hydrogens is 537 g/mol. The number of benzene rings is 2. The van der Waals surface area contributed by atoms with Gasteiger partial charge in [0.25, 0.3) is 0 Å². The Balaban J connectivity index is 2.45. The first-order valence-electron chi connectivity index (χ1n) is 12.2. The fourth-order valence-electron chi connectivity index (χ4n) is 3.68. The van der Waals surface area contributed by atoms with E-state index in [0.29, 0.717) is 40.1 Å². The normalized spacial score (nSPS) is 12.9. The van der Waals surface area contributed by atoms with Crippen LogP contribution in [0.15, 0.2) is 42.5 Å². The Morgan fingerprint density at radius 1 is 1.03 bits per heavy atom. The molecule has 0 heterocycles. The molecule has 0 saturated heterocycles. The lowest BCUT2D eigenvalue weighted by Gasteiger charge is -2.33. The number of rotatable bonds is 13. The molecule has 37 heavy (non-hydrogen) atoms. The molecule has 2 aromatic carbocycles. The second kappa shape index (κ2) is 13.9. The van der Waals surface area contributed by atoms with Gasteiger partial charge in [-0.25, -0.2) is 8.42 Å². The van der Waals surface area contributed by atoms with Crippen LogP contribution in [0.1, 0.15) is 46.1 Å². The highest BCUT2D eigenvalue weighted by molar-refractivity contribution is 7.92. The van der Waals surface area contributed by atoms with Crippen LogP contribution in [0.5, 0.6) is 5.75 Å². The molecule has 1 N–H and O–H groups in total. The number of halogens is 2. The van der Waals surface area contributed by atoms with Crippen LogP contribution in [0.4, 0.5) is 5.69 Å². The van der Waals surface area contributed by atoms with Crippen molar-refractivity contribution in [1.29, 1.82) is 0 Å². The van der Waals surface area contributed by atoms with Gasteiger partial charge >= 0.3 is 0 Å². The molecule has 0 fully saturated rings. The average Bonchev–Trinajstić information content (AvgIpc) is 2.83. The summed E-state index contributed by atoms with van der Waals surface area (Å²) < 4.78 is 31.9. The maximum absolute atomic E-state index is 13.7. The topological polar surface area (TPSA) is 96.0 Å². The summed E-state index contributed by atoms with van der Waals surface area (Å²) in [6, 6.07) is 10.4. The van der Waals surface area contributed by atoms with E-state index in [2.05, 4.69) is 5.32 Å². The minimum absolute atomic E-state index is 0.00213. The first-order chi connectivity index (χ1) is 17.4. The van der Waals surface area contributed by atoms with Gasteiger partial charge in [-0.05, 0) is 68.7 Å². The molecule has 2 amide bonds. The van der Waals surface area contributed by atoms with Crippen LogP contribution in [0.2, 0.25) is 10.0 Å². The van der Waals surface area contributed by atoms with Crippen LogP contribution in [0, 0.1) is 0 Å². The van der Waals surface area contributed by atoms with Gasteiger partial charge in [-0.3, -0.25) is 13.9 Å². The highest BCUT2D eigenvalue weighted by Gasteiger charge is 2.32. The van der Waals surface area contributed by atoms with Crippen LogP contribution in [0.3, 0.4) is 0 Å². The summed E-state index contributed by atoms with van der Waals surface area (Å²) in [5.41, 5.74) is 0.891. The number of hydrogen-bond acceptors (Lipinski definition) is 5. The van der Waals surface area contributed by atoms with E-state index in [-0.39, 0.29) is 18.5 Å². The lowest BCUT2D eigenvalue weighted by atomic mass is 10.1. The lowest BCUT2D eigenvalue weighted by molar-refractivity contribution is -0.140. The van der Waals surface area contributed by atoms with Crippen molar-refractivity contribution in [2.75, 3.05) is 23.7 Å². The van der Waals surface area contributed by atoms with Crippen molar-refractivity contribution in [1.82, 2.24) is 10.2 Å². The average molecular weight is 573 g/mol. The zero-order valence-electron chi connectivity index (χ0n) is 21.8. The summed E-state index contributed by atoms with van der Waals surface area (Å²) in [6.07, 6.45) is 2.07. The highest BCUT2D eigenvalue weighted by atomic mass is 35.5. The summed E-state index contributed by atoms with van der Waals surface area (Å²) in [6.45, 7) is 7.44. The van der Waals surface area contributed by atoms with E-state index in [1.165, 1.54) is 4.90 Å². The van der Waals surface area contributed by atoms with Gasteiger partial charge in [0.05, 0.1) is 18.6 Å². The molecule has 2 aromatic rings. The third-order valence-corrected chi connectivity index (χ3v) is 7.59. The van der Waals surface area contributed by atoms with Gasteiger partial charge in [0.15, 0.2) is 0 Å². The summed E-state index contributed by atoms with van der Waals surface area (Å²) in [5.74, 6) is -0.281. The number of carbonyl (C=O) groups is 2. The highest BCUT2D eigenvalue weighted by Crippen LogP contribution is 2.26. The number of nitrogens with zero attached hydrogens (tertiary/aromatic N) is 2. The van der Waals surface area contributed by atoms with Crippen LogP contribution in [-0.4, -0.2) is 56.6 Å². The van der Waals surface area contributed by atoms with Crippen molar-refractivity contribution in [2.45, 2.75) is 59.2 Å². The molecule has 204 valence electrons. The van der Waals surface area contributed by atoms with E-state index in [1.807, 2.05) is 20.8 Å². The third-order valence-electron chi connectivity index (χ3n) is 5.86. The quantitative estimate of drug-likeness (QED) is 0.369. The SMILES string of the molecule is CCOc1ccc(N(CC(=O)N(Cc2ccc(Cl)cc2Cl)[C@H](CC)C(=O)N[C@@H](C)CC)S(C)(=O)=O)cc1. The minimum Gasteiger partial charge on any atom is -0.494 e. The third kappa shape index (κ3) is 8.79. The van der Waals surface area contributed by atoms with Crippen molar-refractivity contribution in [3.8, 4) is 5.75 Å². The van der Waals surface area contributed by atoms with Gasteiger partial charge in [-0.1, -0.05) is 43.1 Å². The Hall–Kier alpha value is -2.49. The van der Waals surface area contributed by atoms with Crippen molar-refractivity contribution in [3.05, 3.63) is 58.1 Å². The monoisotopic (exact) mass is 571 g/mol. The number of hydrogen-bond donors (Lipinski definition) is 1. The standard InChI is InChI=1S/C26H35Cl2N3O5S/c1-6-18(4)29-26(33)24(7-2)30(16-19-9-10-20(27)15-23(19)28)25(32)17-31(37(5,34)35)21-11-13-22(14-12-21)36-8-3/h9-15,18,24H,6-8,16-17H2,1-5H3,(H,29,33)/t18-,24+/m0/s1. The Morgan fingerprint density at radius 3 is 2.19 bits per heavy atom. The van der Waals surface area contributed by atoms with Gasteiger partial charge < -0.3 is 15.0 Å². The fraction of sp³-hybridized carbons (Fsp3) is 0.462. The molecule has 0 aromatic heterocycles. The smallest absolute Gasteiger partial charge is 0.244 e. The second-order valence-electron chi connectivity index (χ2n) is 8.70. The zero-order chi connectivity index (χ0) is 27.8. The summed E-state index contributed by atoms with van der Waals surface area (Å²) >= 11 is 12.4. The molecule has 0 saturated carbocycles. The Bertz CT molecular complexity index is 1180. The van der Waals surface area contributed by atoms with Crippen molar-refractivity contribution in [2.24, 2.45) is 0 Å². The largest absolute Gasteiger partial charge is 0.494 e. The van der Waals surface area contributed by atoms with Gasteiger partial charge in [-0.15, -0.1) is 0 Å². The minimum atomic E-state index is -3.83. The van der Waals surface area contributed by atoms with Crippen molar-refractivity contribution < 1.29 is 22.7 Å². The van der Waals surface area contributed by atoms with Gasteiger partial charge in [0, 0.05) is 22.6 Å². The van der Waals surface area contributed by atoms with Crippen LogP contribution in [-0.2, 0) is 26.2 Å². The van der Waals surface area contributed by atoms with Crippen LogP contribution >= 0.6 is 23.2 Å². The molecule has 0 unspecified atom stereocenters. The number of nitrogens with one attached hydrogen (secondary N) is 1. The van der Waals surface area contributed by atoms with Crippen molar-refractivity contribution in [3.63, 3.8) is 0 Å². The van der Waals surface area contributed by atoms with Gasteiger partial charge in [0.2, 0.25) is 21.8 Å². The number of amides is 2. The number of sulfonamides is 1. The first-order valence-corrected chi connectivity index (χ1v) is 14.8. The Morgan fingerprint density at radius 2 is 1.68 bits per heavy atom. The predicted octanol–water partition coefficient (Wildman–Crippen LogP) is 4.88. The Kier molecular flexibility index (Phi) is 11.5. The van der Waals surface area contributed by atoms with Crippen molar-refractivity contribution >= 4 is 50.7 Å². The number of ether oxygens (including phenoxy) is 1.